The molecule has 8 heteroatoms. The third kappa shape index (κ3) is 9.21. The van der Waals surface area contributed by atoms with Gasteiger partial charge in [-0.25, -0.2) is 4.21 Å². The van der Waals surface area contributed by atoms with Crippen molar-refractivity contribution in [1.82, 2.24) is 4.72 Å². The summed E-state index contributed by atoms with van der Waals surface area (Å²) in [6.45, 7) is 14.3. The molecule has 5 atom stereocenters. The largest absolute Gasteiger partial charge is 0.491 e. The fourth-order valence-electron chi connectivity index (χ4n) is 6.29. The first kappa shape index (κ1) is 35.9. The summed E-state index contributed by atoms with van der Waals surface area (Å²) in [5, 5.41) is 7.60. The van der Waals surface area contributed by atoms with Crippen LogP contribution in [0.3, 0.4) is 0 Å². The van der Waals surface area contributed by atoms with Gasteiger partial charge in [-0.2, -0.15) is 0 Å². The molecule has 1 aliphatic carbocycles. The fourth-order valence-corrected chi connectivity index (χ4v) is 7.02. The highest BCUT2D eigenvalue weighted by atomic mass is 35.5. The zero-order valence-corrected chi connectivity index (χ0v) is 28.6. The van der Waals surface area contributed by atoms with Crippen LogP contribution in [0.4, 0.5) is 5.69 Å². The van der Waals surface area contributed by atoms with Gasteiger partial charge in [0.05, 0.1) is 12.3 Å². The van der Waals surface area contributed by atoms with Crippen LogP contribution in [0.15, 0.2) is 61.2 Å². The van der Waals surface area contributed by atoms with Crippen molar-refractivity contribution < 1.29 is 18.8 Å². The number of aliphatic hydroxyl groups is 1. The highest BCUT2D eigenvalue weighted by Crippen LogP contribution is 2.45. The molecular formula is C36H51ClN2O4S. The number of fused-ring (bicyclic) bond motifs is 1. The summed E-state index contributed by atoms with van der Waals surface area (Å²) in [6.07, 6.45) is 13.2. The van der Waals surface area contributed by atoms with Crippen LogP contribution in [0.25, 0.3) is 0 Å². The van der Waals surface area contributed by atoms with Crippen molar-refractivity contribution in [3.63, 3.8) is 0 Å². The van der Waals surface area contributed by atoms with Gasteiger partial charge in [0, 0.05) is 42.0 Å². The minimum atomic E-state index is -1.44. The third-order valence-electron chi connectivity index (χ3n) is 8.67. The summed E-state index contributed by atoms with van der Waals surface area (Å²) in [5.74, 6) is 2.25. The van der Waals surface area contributed by atoms with Crippen molar-refractivity contribution in [2.45, 2.75) is 77.4 Å². The summed E-state index contributed by atoms with van der Waals surface area (Å²) in [5.41, 5.74) is 3.98. The van der Waals surface area contributed by atoms with Gasteiger partial charge in [-0.3, -0.25) is 9.52 Å². The first-order valence-electron chi connectivity index (χ1n) is 16.0. The zero-order chi connectivity index (χ0) is 32.2. The molecule has 2 aliphatic rings. The SMILES string of the molecule is C=CCC(/C=C/CC)C1CCC1CN1CC(c2ccc(Cl)cc2CCC)COc2ccc(C(=O)NS(=O)C(C)C)cc21.CO. The van der Waals surface area contributed by atoms with Crippen LogP contribution in [-0.4, -0.2) is 47.3 Å². The van der Waals surface area contributed by atoms with E-state index in [1.165, 1.54) is 24.0 Å². The normalized spacial score (nSPS) is 20.8. The topological polar surface area (TPSA) is 78.9 Å². The predicted octanol–water partition coefficient (Wildman–Crippen LogP) is 7.87. The molecule has 6 nitrogen and oxygen atoms in total. The lowest BCUT2D eigenvalue weighted by Gasteiger charge is -2.44. The molecule has 2 aromatic rings. The van der Waals surface area contributed by atoms with Gasteiger partial charge in [-0.15, -0.1) is 6.58 Å². The summed E-state index contributed by atoms with van der Waals surface area (Å²) in [6, 6.07) is 11.8. The standard InChI is InChI=1S/C35H47ClN2O3S.CH4O/c1-6-9-12-25(10-7-2)31-16-13-28(31)21-38-22-29(32-17-15-30(36)19-26(32)11-8-3)23-41-34-18-14-27(20-33(34)38)35(39)37-42(40)24(4)5;1-2/h7,9,12,14-15,17-20,24-25,28-29,31H,2,6,8,10-11,13,16,21-23H2,1,3-5H3,(H,37,39);2H,1H3/b12-9+;. The molecule has 0 aromatic heterocycles. The number of hydrogen-bond donors (Lipinski definition) is 2. The molecule has 1 saturated carbocycles. The maximum absolute atomic E-state index is 13.1. The van der Waals surface area contributed by atoms with Gasteiger partial charge < -0.3 is 14.7 Å². The van der Waals surface area contributed by atoms with Gasteiger partial charge in [0.2, 0.25) is 0 Å². The number of nitrogens with one attached hydrogen (secondary N) is 1. The molecule has 1 aliphatic heterocycles. The Morgan fingerprint density at radius 1 is 1.20 bits per heavy atom. The van der Waals surface area contributed by atoms with Crippen LogP contribution in [0.5, 0.6) is 5.75 Å². The average molecular weight is 643 g/mol. The number of anilines is 1. The van der Waals surface area contributed by atoms with E-state index >= 15 is 0 Å². The fraction of sp³-hybridized carbons (Fsp3) is 0.528. The number of halogens is 1. The minimum Gasteiger partial charge on any atom is -0.491 e. The van der Waals surface area contributed by atoms with Crippen molar-refractivity contribution in [3.8, 4) is 5.75 Å². The summed E-state index contributed by atoms with van der Waals surface area (Å²) < 4.78 is 21.5. The molecule has 0 bridgehead atoms. The number of allylic oxidation sites excluding steroid dienone is 3. The van der Waals surface area contributed by atoms with Crippen molar-refractivity contribution in [1.29, 1.82) is 0 Å². The van der Waals surface area contributed by atoms with Crippen molar-refractivity contribution in [3.05, 3.63) is 82.9 Å². The molecule has 0 saturated heterocycles. The summed E-state index contributed by atoms with van der Waals surface area (Å²) in [4.78, 5) is 15.5. The Hall–Kier alpha value is -2.61. The van der Waals surface area contributed by atoms with E-state index in [0.29, 0.717) is 29.9 Å². The average Bonchev–Trinajstić information content (AvgIpc) is 3.18. The first-order chi connectivity index (χ1) is 21.2. The van der Waals surface area contributed by atoms with Crippen molar-refractivity contribution in [2.24, 2.45) is 17.8 Å². The Kier molecular flexibility index (Phi) is 14.5. The van der Waals surface area contributed by atoms with E-state index in [1.54, 1.807) is 6.07 Å². The number of aryl methyl sites for hydroxylation is 1. The number of ether oxygens (including phenoxy) is 1. The van der Waals surface area contributed by atoms with Crippen LogP contribution in [0, 0.1) is 17.8 Å². The van der Waals surface area contributed by atoms with E-state index in [9.17, 15) is 9.00 Å². The molecule has 1 amide bonds. The summed E-state index contributed by atoms with van der Waals surface area (Å²) in [7, 11) is -0.440. The summed E-state index contributed by atoms with van der Waals surface area (Å²) >= 11 is 6.42. The highest BCUT2D eigenvalue weighted by molar-refractivity contribution is 7.84. The molecule has 0 radical (unpaired) electrons. The molecule has 0 spiro atoms. The van der Waals surface area contributed by atoms with E-state index < -0.39 is 11.0 Å². The van der Waals surface area contributed by atoms with Gasteiger partial charge in [-0.1, -0.05) is 56.2 Å². The number of carbonyl (C=O) groups is 1. The first-order valence-corrected chi connectivity index (χ1v) is 17.6. The van der Waals surface area contributed by atoms with E-state index in [2.05, 4.69) is 54.3 Å². The van der Waals surface area contributed by atoms with Crippen LogP contribution in [0.2, 0.25) is 5.02 Å². The van der Waals surface area contributed by atoms with E-state index in [1.807, 2.05) is 38.1 Å². The second-order valence-electron chi connectivity index (χ2n) is 12.0. The molecule has 5 unspecified atom stereocenters. The maximum Gasteiger partial charge on any atom is 0.263 e. The number of rotatable bonds is 13. The lowest BCUT2D eigenvalue weighted by molar-refractivity contribution is 0.0982. The number of nitrogens with zero attached hydrogens (tertiary/aromatic N) is 1. The van der Waals surface area contributed by atoms with Gasteiger partial charge in [0.1, 0.15) is 16.7 Å². The monoisotopic (exact) mass is 642 g/mol. The number of aliphatic hydroxyl groups excluding tert-OH is 1. The minimum absolute atomic E-state index is 0.157. The molecule has 4 rings (SSSR count). The maximum atomic E-state index is 13.1. The second kappa shape index (κ2) is 17.8. The van der Waals surface area contributed by atoms with Crippen LogP contribution in [-0.2, 0) is 17.4 Å². The van der Waals surface area contributed by atoms with Crippen LogP contribution in [0.1, 0.15) is 87.2 Å². The van der Waals surface area contributed by atoms with Gasteiger partial charge >= 0.3 is 0 Å². The molecule has 2 N–H and O–H groups in total. The molecule has 1 fully saturated rings. The quantitative estimate of drug-likeness (QED) is 0.217. The Morgan fingerprint density at radius 2 is 1.98 bits per heavy atom. The molecule has 242 valence electrons. The van der Waals surface area contributed by atoms with Crippen LogP contribution < -0.4 is 14.4 Å². The van der Waals surface area contributed by atoms with E-state index in [4.69, 9.17) is 21.4 Å². The molecule has 2 aromatic carbocycles. The van der Waals surface area contributed by atoms with Gasteiger partial charge in [-0.05, 0) is 105 Å². The highest BCUT2D eigenvalue weighted by Gasteiger charge is 2.38. The Labute approximate surface area is 272 Å². The molecular weight excluding hydrogens is 592 g/mol. The Balaban J connectivity index is 0.00000259. The number of carbonyl (C=O) groups excluding carboxylic acids is 1. The van der Waals surface area contributed by atoms with Crippen LogP contribution >= 0.6 is 11.6 Å². The lowest BCUT2D eigenvalue weighted by atomic mass is 9.65. The van der Waals surface area contributed by atoms with E-state index in [-0.39, 0.29) is 17.1 Å². The van der Waals surface area contributed by atoms with Gasteiger partial charge in [0.15, 0.2) is 0 Å². The number of hydrogen-bond acceptors (Lipinski definition) is 5. The molecule has 1 heterocycles. The second-order valence-corrected chi connectivity index (χ2v) is 14.2. The van der Waals surface area contributed by atoms with E-state index in [0.717, 1.165) is 62.3 Å². The van der Waals surface area contributed by atoms with Crippen molar-refractivity contribution in [2.75, 3.05) is 31.7 Å². The number of benzene rings is 2. The Bertz CT molecular complexity index is 1300. The number of amides is 1. The smallest absolute Gasteiger partial charge is 0.263 e. The zero-order valence-electron chi connectivity index (χ0n) is 27.1. The Morgan fingerprint density at radius 3 is 2.61 bits per heavy atom. The third-order valence-corrected chi connectivity index (χ3v) is 10.1. The molecule has 44 heavy (non-hydrogen) atoms. The predicted molar refractivity (Wildman–Crippen MR) is 185 cm³/mol. The van der Waals surface area contributed by atoms with Gasteiger partial charge in [0.25, 0.3) is 5.91 Å². The lowest BCUT2D eigenvalue weighted by Crippen LogP contribution is -2.42. The van der Waals surface area contributed by atoms with Crippen molar-refractivity contribution >= 4 is 34.2 Å².